The van der Waals surface area contributed by atoms with E-state index in [0.29, 0.717) is 6.54 Å². The van der Waals surface area contributed by atoms with Crippen LogP contribution in [0.15, 0.2) is 42.9 Å². The number of nitrogens with zero attached hydrogens (tertiary/aromatic N) is 3. The molecule has 3 aromatic rings. The molecule has 1 atom stereocenters. The van der Waals surface area contributed by atoms with E-state index in [1.807, 2.05) is 6.07 Å². The van der Waals surface area contributed by atoms with Crippen molar-refractivity contribution in [1.82, 2.24) is 20.3 Å². The molecule has 0 saturated carbocycles. The Balaban J connectivity index is 1.31. The third-order valence-electron chi connectivity index (χ3n) is 5.21. The molecule has 1 aliphatic rings. The lowest BCUT2D eigenvalue weighted by Crippen LogP contribution is -2.49. The number of ether oxygens (including phenoxy) is 1. The lowest BCUT2D eigenvalue weighted by atomic mass is 10.1. The molecule has 3 N–H and O–H groups in total. The molecule has 0 spiro atoms. The van der Waals surface area contributed by atoms with Crippen molar-refractivity contribution in [2.45, 2.75) is 31.4 Å². The Hall–Kier alpha value is -3.57. The minimum atomic E-state index is -4.60. The fourth-order valence-corrected chi connectivity index (χ4v) is 3.73. The fraction of sp³-hybridized carbons (Fsp3) is 0.381. The molecule has 3 heterocycles. The highest BCUT2D eigenvalue weighted by Crippen LogP contribution is 2.29. The van der Waals surface area contributed by atoms with Crippen LogP contribution in [0.1, 0.15) is 12.8 Å². The first-order chi connectivity index (χ1) is 15.8. The molecule has 1 saturated heterocycles. The Kier molecular flexibility index (Phi) is 6.52. The average Bonchev–Trinajstić information content (AvgIpc) is 3.27. The standard InChI is InChI=1S/C21H22F4N6O2/c22-20(23)21(24,25)33-15-5-1-3-13(9-15)27-10-17(32)30-14-4-2-8-31(11-14)19-16-6-7-26-18(16)28-12-29-19/h1,3,5-7,9,12,14,20,27H,2,4,8,10-11H2,(H,30,32)(H,26,28,29)/t14-/m1/s1. The number of hydrogen-bond acceptors (Lipinski definition) is 6. The number of halogens is 4. The number of benzene rings is 1. The van der Waals surface area contributed by atoms with Crippen LogP contribution in [-0.2, 0) is 4.79 Å². The van der Waals surface area contributed by atoms with Gasteiger partial charge in [-0.2, -0.15) is 17.6 Å². The number of alkyl halides is 4. The number of rotatable bonds is 8. The summed E-state index contributed by atoms with van der Waals surface area (Å²) in [6.45, 7) is 1.26. The zero-order valence-corrected chi connectivity index (χ0v) is 17.4. The third kappa shape index (κ3) is 5.44. The van der Waals surface area contributed by atoms with Crippen LogP contribution >= 0.6 is 0 Å². The highest BCUT2D eigenvalue weighted by Gasteiger charge is 2.44. The predicted octanol–water partition coefficient (Wildman–Crippen LogP) is 3.39. The summed E-state index contributed by atoms with van der Waals surface area (Å²) in [6.07, 6.45) is -3.59. The number of anilines is 2. The summed E-state index contributed by atoms with van der Waals surface area (Å²) in [4.78, 5) is 26.2. The highest BCUT2D eigenvalue weighted by molar-refractivity contribution is 5.87. The molecular weight excluding hydrogens is 444 g/mol. The summed E-state index contributed by atoms with van der Waals surface area (Å²) >= 11 is 0. The van der Waals surface area contributed by atoms with E-state index in [2.05, 4.69) is 35.2 Å². The van der Waals surface area contributed by atoms with Gasteiger partial charge in [0, 0.05) is 37.1 Å². The minimum Gasteiger partial charge on any atom is -0.428 e. The molecule has 0 unspecified atom stereocenters. The largest absolute Gasteiger partial charge is 0.461 e. The second-order valence-corrected chi connectivity index (χ2v) is 7.64. The predicted molar refractivity (Wildman–Crippen MR) is 114 cm³/mol. The lowest BCUT2D eigenvalue weighted by Gasteiger charge is -2.34. The van der Waals surface area contributed by atoms with Gasteiger partial charge in [0.2, 0.25) is 5.91 Å². The van der Waals surface area contributed by atoms with Crippen LogP contribution < -0.4 is 20.3 Å². The van der Waals surface area contributed by atoms with Crippen molar-refractivity contribution in [3.05, 3.63) is 42.9 Å². The van der Waals surface area contributed by atoms with Gasteiger partial charge in [-0.05, 0) is 31.0 Å². The number of aromatic nitrogens is 3. The SMILES string of the molecule is O=C(CNc1cccc(OC(F)(F)C(F)F)c1)N[C@@H]1CCCN(c2ncnc3[nH]ccc23)C1. The van der Waals surface area contributed by atoms with Gasteiger partial charge < -0.3 is 25.3 Å². The number of fused-ring (bicyclic) bond motifs is 1. The number of aromatic amines is 1. The molecule has 0 radical (unpaired) electrons. The average molecular weight is 466 g/mol. The van der Waals surface area contributed by atoms with Gasteiger partial charge in [0.15, 0.2) is 0 Å². The topological polar surface area (TPSA) is 95.2 Å². The van der Waals surface area contributed by atoms with Crippen molar-refractivity contribution in [2.75, 3.05) is 29.9 Å². The van der Waals surface area contributed by atoms with Gasteiger partial charge in [0.1, 0.15) is 23.5 Å². The van der Waals surface area contributed by atoms with Crippen molar-refractivity contribution >= 4 is 28.4 Å². The van der Waals surface area contributed by atoms with E-state index in [1.54, 1.807) is 6.20 Å². The minimum absolute atomic E-state index is 0.101. The first kappa shape index (κ1) is 22.6. The number of H-pyrrole nitrogens is 1. The Bertz CT molecular complexity index is 1110. The summed E-state index contributed by atoms with van der Waals surface area (Å²) in [5.74, 6) is 0.0749. The van der Waals surface area contributed by atoms with Crippen molar-refractivity contribution in [2.24, 2.45) is 0 Å². The van der Waals surface area contributed by atoms with Crippen LogP contribution in [-0.4, -0.2) is 59.1 Å². The Morgan fingerprint density at radius 2 is 2.15 bits per heavy atom. The van der Waals surface area contributed by atoms with Crippen LogP contribution in [0.25, 0.3) is 11.0 Å². The van der Waals surface area contributed by atoms with Crippen LogP contribution in [0.3, 0.4) is 0 Å². The van der Waals surface area contributed by atoms with Gasteiger partial charge in [0.05, 0.1) is 11.9 Å². The van der Waals surface area contributed by atoms with E-state index >= 15 is 0 Å². The van der Waals surface area contributed by atoms with Gasteiger partial charge in [-0.25, -0.2) is 9.97 Å². The summed E-state index contributed by atoms with van der Waals surface area (Å²) < 4.78 is 54.9. The van der Waals surface area contributed by atoms with Crippen molar-refractivity contribution in [1.29, 1.82) is 0 Å². The van der Waals surface area contributed by atoms with Gasteiger partial charge in [-0.1, -0.05) is 6.07 Å². The molecule has 176 valence electrons. The first-order valence-corrected chi connectivity index (χ1v) is 10.3. The van der Waals surface area contributed by atoms with Crippen molar-refractivity contribution < 1.29 is 27.1 Å². The molecule has 1 amide bonds. The summed E-state index contributed by atoms with van der Waals surface area (Å²) in [5.41, 5.74) is 1.03. The molecule has 1 aromatic carbocycles. The molecule has 1 fully saturated rings. The van der Waals surface area contributed by atoms with Crippen molar-refractivity contribution in [3.8, 4) is 5.75 Å². The zero-order valence-electron chi connectivity index (χ0n) is 17.4. The Morgan fingerprint density at radius 3 is 2.97 bits per heavy atom. The van der Waals surface area contributed by atoms with Gasteiger partial charge in [0.25, 0.3) is 0 Å². The monoisotopic (exact) mass is 466 g/mol. The van der Waals surface area contributed by atoms with Crippen LogP contribution in [0.5, 0.6) is 5.75 Å². The molecule has 0 aliphatic carbocycles. The number of carbonyl (C=O) groups excluding carboxylic acids is 1. The quantitative estimate of drug-likeness (QED) is 0.441. The first-order valence-electron chi connectivity index (χ1n) is 10.3. The maximum absolute atomic E-state index is 13.1. The molecule has 8 nitrogen and oxygen atoms in total. The number of amides is 1. The molecule has 2 aromatic heterocycles. The number of carbonyl (C=O) groups is 1. The molecule has 1 aliphatic heterocycles. The zero-order chi connectivity index (χ0) is 23.4. The van der Waals surface area contributed by atoms with E-state index in [-0.39, 0.29) is 24.2 Å². The number of hydrogen-bond donors (Lipinski definition) is 3. The van der Waals surface area contributed by atoms with E-state index in [9.17, 15) is 22.4 Å². The Morgan fingerprint density at radius 1 is 1.30 bits per heavy atom. The molecule has 12 heteroatoms. The summed E-state index contributed by atoms with van der Waals surface area (Å²) in [5, 5.41) is 6.65. The second-order valence-electron chi connectivity index (χ2n) is 7.64. The third-order valence-corrected chi connectivity index (χ3v) is 5.21. The van der Waals surface area contributed by atoms with Gasteiger partial charge in [-0.3, -0.25) is 4.79 Å². The van der Waals surface area contributed by atoms with Gasteiger partial charge in [-0.15, -0.1) is 0 Å². The number of nitrogens with one attached hydrogen (secondary N) is 3. The highest BCUT2D eigenvalue weighted by atomic mass is 19.3. The van der Waals surface area contributed by atoms with Crippen LogP contribution in [0, 0.1) is 0 Å². The maximum Gasteiger partial charge on any atom is 0.461 e. The van der Waals surface area contributed by atoms with E-state index in [1.165, 1.54) is 18.5 Å². The summed E-state index contributed by atoms with van der Waals surface area (Å²) in [6, 6.07) is 6.94. The molecule has 4 rings (SSSR count). The molecule has 0 bridgehead atoms. The number of piperidine rings is 1. The van der Waals surface area contributed by atoms with Crippen molar-refractivity contribution in [3.63, 3.8) is 0 Å². The van der Waals surface area contributed by atoms with E-state index in [0.717, 1.165) is 48.4 Å². The van der Waals surface area contributed by atoms with Gasteiger partial charge >= 0.3 is 12.5 Å². The Labute approximate surface area is 186 Å². The fourth-order valence-electron chi connectivity index (χ4n) is 3.73. The van der Waals surface area contributed by atoms with Crippen LogP contribution in [0.4, 0.5) is 29.1 Å². The lowest BCUT2D eigenvalue weighted by molar-refractivity contribution is -0.253. The normalized spacial score (nSPS) is 16.8. The molecule has 33 heavy (non-hydrogen) atoms. The smallest absolute Gasteiger partial charge is 0.428 e. The van der Waals surface area contributed by atoms with E-state index in [4.69, 9.17) is 0 Å². The van der Waals surface area contributed by atoms with Crippen LogP contribution in [0.2, 0.25) is 0 Å². The summed E-state index contributed by atoms with van der Waals surface area (Å²) in [7, 11) is 0. The second kappa shape index (κ2) is 9.51. The van der Waals surface area contributed by atoms with E-state index < -0.39 is 18.3 Å². The maximum atomic E-state index is 13.1. The molecular formula is C21H22F4N6O2.